The van der Waals surface area contributed by atoms with Crippen molar-refractivity contribution in [2.24, 2.45) is 15.2 Å². The number of hydrogen-bond acceptors (Lipinski definition) is 5. The van der Waals surface area contributed by atoms with Crippen LogP contribution in [0.5, 0.6) is 5.75 Å². The predicted molar refractivity (Wildman–Crippen MR) is 148 cm³/mol. The zero-order chi connectivity index (χ0) is 31.8. The Morgan fingerprint density at radius 1 is 0.841 bits per heavy atom. The summed E-state index contributed by atoms with van der Waals surface area (Å²) in [6, 6.07) is 14.5. The van der Waals surface area contributed by atoms with Crippen molar-refractivity contribution in [1.29, 1.82) is 0 Å². The van der Waals surface area contributed by atoms with Gasteiger partial charge in [0.15, 0.2) is 6.67 Å². The Morgan fingerprint density at radius 2 is 1.57 bits per heavy atom. The molecule has 1 heterocycles. The third kappa shape index (κ3) is 8.32. The highest BCUT2D eigenvalue weighted by Crippen LogP contribution is 2.40. The average Bonchev–Trinajstić information content (AvgIpc) is 3.48. The van der Waals surface area contributed by atoms with Crippen LogP contribution in [-0.4, -0.2) is 37.4 Å². The SMILES string of the molecule is O=C(NCCCCCC1=NCN=N1)N[C@](Cc1ccccc1)(c1ccc(F)cc1)c1cc(F)cc(OC(F)(F)C(F)(F)F)c1. The monoisotopic (exact) mass is 623 g/mol. The summed E-state index contributed by atoms with van der Waals surface area (Å²) in [6.07, 6.45) is -9.15. The van der Waals surface area contributed by atoms with E-state index < -0.39 is 41.2 Å². The van der Waals surface area contributed by atoms with Gasteiger partial charge in [-0.1, -0.05) is 48.9 Å². The molecule has 0 aromatic heterocycles. The highest BCUT2D eigenvalue weighted by atomic mass is 19.4. The first-order valence-corrected chi connectivity index (χ1v) is 13.6. The first kappa shape index (κ1) is 32.4. The second-order valence-electron chi connectivity index (χ2n) is 10.0. The molecule has 3 aromatic carbocycles. The Bertz CT molecular complexity index is 1480. The number of urea groups is 1. The standard InChI is InChI=1S/C30H28F7N5O2/c31-23-12-10-21(11-13-23)28(18-20-7-3-1-4-8-20,41-27(43)38-14-6-2-5-9-26-39-19-40-42-26)22-15-24(32)17-25(16-22)44-30(36,37)29(33,34)35/h1,3-4,7-8,10-13,15-17H,2,5-6,9,14,18-19H2,(H2,38,41,43)/t28-/m1/s1. The van der Waals surface area contributed by atoms with Crippen LogP contribution in [0.1, 0.15) is 42.4 Å². The molecule has 1 aliphatic rings. The van der Waals surface area contributed by atoms with Crippen LogP contribution in [-0.2, 0) is 12.0 Å². The lowest BCUT2D eigenvalue weighted by Gasteiger charge is -2.37. The summed E-state index contributed by atoms with van der Waals surface area (Å²) in [7, 11) is 0. The number of halogens is 7. The van der Waals surface area contributed by atoms with Crippen LogP contribution in [0.3, 0.4) is 0 Å². The number of carbonyl (C=O) groups is 1. The number of nitrogens with zero attached hydrogens (tertiary/aromatic N) is 3. The number of aliphatic imine (C=N–C) groups is 1. The maximum absolute atomic E-state index is 14.9. The molecular weight excluding hydrogens is 595 g/mol. The Morgan fingerprint density at radius 3 is 2.23 bits per heavy atom. The molecule has 2 amide bonds. The Labute approximate surface area is 248 Å². The van der Waals surface area contributed by atoms with E-state index in [1.807, 2.05) is 0 Å². The quantitative estimate of drug-likeness (QED) is 0.151. The number of unbranched alkanes of at least 4 members (excludes halogenated alkanes) is 2. The number of benzene rings is 3. The zero-order valence-corrected chi connectivity index (χ0v) is 23.2. The number of alkyl halides is 5. The number of rotatable bonds is 13. The van der Waals surface area contributed by atoms with Gasteiger partial charge in [-0.2, -0.15) is 27.1 Å². The maximum Gasteiger partial charge on any atom is 0.499 e. The molecule has 0 fully saturated rings. The maximum atomic E-state index is 14.9. The Kier molecular flexibility index (Phi) is 10.2. The molecular formula is C30H28F7N5O2. The molecule has 2 N–H and O–H groups in total. The van der Waals surface area contributed by atoms with E-state index in [2.05, 4.69) is 30.6 Å². The van der Waals surface area contributed by atoms with Crippen LogP contribution in [0.2, 0.25) is 0 Å². The van der Waals surface area contributed by atoms with Crippen molar-refractivity contribution in [1.82, 2.24) is 10.6 Å². The normalized spacial score (nSPS) is 14.6. The minimum atomic E-state index is -6.08. The molecule has 1 aliphatic heterocycles. The molecule has 0 saturated carbocycles. The fourth-order valence-electron chi connectivity index (χ4n) is 4.68. The molecule has 14 heteroatoms. The van der Waals surface area contributed by atoms with Crippen molar-refractivity contribution in [3.63, 3.8) is 0 Å². The van der Waals surface area contributed by atoms with Crippen molar-refractivity contribution in [2.45, 2.75) is 49.9 Å². The molecule has 1 atom stereocenters. The van der Waals surface area contributed by atoms with E-state index in [0.29, 0.717) is 37.0 Å². The van der Waals surface area contributed by atoms with Gasteiger partial charge in [0.2, 0.25) is 0 Å². The van der Waals surface area contributed by atoms with Gasteiger partial charge < -0.3 is 15.4 Å². The molecule has 0 aliphatic carbocycles. The van der Waals surface area contributed by atoms with Crippen LogP contribution >= 0.6 is 0 Å². The van der Waals surface area contributed by atoms with Gasteiger partial charge >= 0.3 is 18.3 Å². The van der Waals surface area contributed by atoms with Crippen LogP contribution in [0.15, 0.2) is 88.0 Å². The smallest absolute Gasteiger partial charge is 0.426 e. The van der Waals surface area contributed by atoms with Crippen LogP contribution in [0.4, 0.5) is 35.5 Å². The summed E-state index contributed by atoms with van der Waals surface area (Å²) < 4.78 is 99.1. The van der Waals surface area contributed by atoms with Gasteiger partial charge in [0.1, 0.15) is 23.2 Å². The first-order valence-electron chi connectivity index (χ1n) is 13.6. The van der Waals surface area contributed by atoms with Crippen molar-refractivity contribution in [3.05, 3.63) is 101 Å². The topological polar surface area (TPSA) is 87.4 Å². The van der Waals surface area contributed by atoms with Crippen LogP contribution in [0, 0.1) is 11.6 Å². The minimum absolute atomic E-state index is 0.123. The number of ether oxygens (including phenoxy) is 1. The van der Waals surface area contributed by atoms with Crippen molar-refractivity contribution >= 4 is 11.9 Å². The average molecular weight is 624 g/mol. The number of nitrogens with one attached hydrogen (secondary N) is 2. The summed E-state index contributed by atoms with van der Waals surface area (Å²) in [5.41, 5.74) is -1.22. The van der Waals surface area contributed by atoms with Gasteiger partial charge in [0.05, 0.1) is 5.54 Å². The molecule has 4 rings (SSSR count). The van der Waals surface area contributed by atoms with Gasteiger partial charge in [-0.3, -0.25) is 0 Å². The van der Waals surface area contributed by atoms with Crippen molar-refractivity contribution in [3.8, 4) is 5.75 Å². The summed E-state index contributed by atoms with van der Waals surface area (Å²) in [5.74, 6) is -2.31. The van der Waals surface area contributed by atoms with Gasteiger partial charge in [0, 0.05) is 25.5 Å². The Balaban J connectivity index is 1.66. The third-order valence-electron chi connectivity index (χ3n) is 6.78. The molecule has 0 bridgehead atoms. The lowest BCUT2D eigenvalue weighted by molar-refractivity contribution is -0.360. The number of carbonyl (C=O) groups excluding carboxylic acids is 1. The summed E-state index contributed by atoms with van der Waals surface area (Å²) >= 11 is 0. The fraction of sp³-hybridized carbons (Fsp3) is 0.333. The van der Waals surface area contributed by atoms with E-state index in [4.69, 9.17) is 0 Å². The molecule has 0 radical (unpaired) electrons. The number of azo groups is 1. The number of amides is 2. The third-order valence-corrected chi connectivity index (χ3v) is 6.78. The van der Waals surface area contributed by atoms with E-state index in [1.54, 1.807) is 30.3 Å². The molecule has 0 spiro atoms. The summed E-state index contributed by atoms with van der Waals surface area (Å²) in [6.45, 7) is 0.541. The molecule has 0 saturated heterocycles. The number of hydrogen-bond donors (Lipinski definition) is 2. The Hall–Kier alpha value is -4.49. The summed E-state index contributed by atoms with van der Waals surface area (Å²) in [4.78, 5) is 17.4. The van der Waals surface area contributed by atoms with Gasteiger partial charge in [0.25, 0.3) is 0 Å². The highest BCUT2D eigenvalue weighted by molar-refractivity contribution is 5.83. The van der Waals surface area contributed by atoms with E-state index in [0.717, 1.165) is 37.1 Å². The van der Waals surface area contributed by atoms with E-state index >= 15 is 0 Å². The largest absolute Gasteiger partial charge is 0.499 e. The van der Waals surface area contributed by atoms with Crippen LogP contribution in [0.25, 0.3) is 0 Å². The van der Waals surface area contributed by atoms with Crippen molar-refractivity contribution in [2.75, 3.05) is 13.2 Å². The highest BCUT2D eigenvalue weighted by Gasteiger charge is 2.61. The number of amidine groups is 1. The molecule has 0 unspecified atom stereocenters. The second-order valence-corrected chi connectivity index (χ2v) is 10.0. The second kappa shape index (κ2) is 13.9. The lowest BCUT2D eigenvalue weighted by Crippen LogP contribution is -2.52. The molecule has 234 valence electrons. The predicted octanol–water partition coefficient (Wildman–Crippen LogP) is 7.67. The van der Waals surface area contributed by atoms with Gasteiger partial charge in [-0.25, -0.2) is 18.6 Å². The van der Waals surface area contributed by atoms with Gasteiger partial charge in [-0.15, -0.1) is 5.11 Å². The molecule has 44 heavy (non-hydrogen) atoms. The zero-order valence-electron chi connectivity index (χ0n) is 23.2. The van der Waals surface area contributed by atoms with Crippen molar-refractivity contribution < 1.29 is 40.3 Å². The molecule has 3 aromatic rings. The fourth-order valence-corrected chi connectivity index (χ4v) is 4.68. The molecule has 7 nitrogen and oxygen atoms in total. The minimum Gasteiger partial charge on any atom is -0.426 e. The summed E-state index contributed by atoms with van der Waals surface area (Å²) in [5, 5.41) is 13.1. The van der Waals surface area contributed by atoms with E-state index in [9.17, 15) is 35.5 Å². The first-order chi connectivity index (χ1) is 20.9. The lowest BCUT2D eigenvalue weighted by atomic mass is 9.77. The van der Waals surface area contributed by atoms with Gasteiger partial charge in [-0.05, 0) is 53.8 Å². The van der Waals surface area contributed by atoms with Crippen LogP contribution < -0.4 is 15.4 Å². The van der Waals surface area contributed by atoms with E-state index in [1.165, 1.54) is 12.1 Å². The van der Waals surface area contributed by atoms with E-state index in [-0.39, 0.29) is 24.1 Å².